The lowest BCUT2D eigenvalue weighted by atomic mass is 9.96. The molecule has 114 valence electrons. The molecule has 1 N–H and O–H groups in total. The molecule has 0 bridgehead atoms. The van der Waals surface area contributed by atoms with Gasteiger partial charge in [0.05, 0.1) is 12.6 Å². The van der Waals surface area contributed by atoms with Crippen LogP contribution in [0.15, 0.2) is 36.9 Å². The molecular formula is C15H23N5O. The van der Waals surface area contributed by atoms with Crippen LogP contribution in [0, 0.1) is 5.92 Å². The highest BCUT2D eigenvalue weighted by molar-refractivity contribution is 4.81. The number of β-amino-alcohol motifs (C(OH)–C–C–N with tert-alkyl or cyclic N) is 1. The molecule has 3 rings (SSSR count). The zero-order valence-electron chi connectivity index (χ0n) is 12.3. The summed E-state index contributed by atoms with van der Waals surface area (Å²) in [5.41, 5.74) is 0. The number of aliphatic hydroxyl groups is 1. The Kier molecular flexibility index (Phi) is 4.67. The SMILES string of the molecule is OC(CN1CCC(Cn2cccn2)CC1)Cn1cccn1. The number of likely N-dealkylation sites (tertiary alicyclic amines) is 1. The first-order valence-corrected chi connectivity index (χ1v) is 7.65. The van der Waals surface area contributed by atoms with E-state index in [1.165, 1.54) is 12.8 Å². The quantitative estimate of drug-likeness (QED) is 0.856. The highest BCUT2D eigenvalue weighted by atomic mass is 16.3. The second kappa shape index (κ2) is 6.87. The number of aromatic nitrogens is 4. The van der Waals surface area contributed by atoms with Crippen molar-refractivity contribution >= 4 is 0 Å². The Morgan fingerprint density at radius 3 is 2.29 bits per heavy atom. The minimum atomic E-state index is -0.354. The second-order valence-corrected chi connectivity index (χ2v) is 5.85. The summed E-state index contributed by atoms with van der Waals surface area (Å²) in [6, 6.07) is 3.86. The molecule has 1 aliphatic heterocycles. The number of aliphatic hydroxyl groups excluding tert-OH is 1. The van der Waals surface area contributed by atoms with Gasteiger partial charge in [0.25, 0.3) is 0 Å². The molecule has 0 amide bonds. The maximum atomic E-state index is 10.1. The Labute approximate surface area is 125 Å². The summed E-state index contributed by atoms with van der Waals surface area (Å²) in [6.07, 6.45) is 9.49. The summed E-state index contributed by atoms with van der Waals surface area (Å²) in [4.78, 5) is 2.35. The summed E-state index contributed by atoms with van der Waals surface area (Å²) >= 11 is 0. The zero-order chi connectivity index (χ0) is 14.5. The molecular weight excluding hydrogens is 266 g/mol. The second-order valence-electron chi connectivity index (χ2n) is 5.85. The molecule has 0 saturated carbocycles. The lowest BCUT2D eigenvalue weighted by molar-refractivity contribution is 0.0733. The van der Waals surface area contributed by atoms with Crippen molar-refractivity contribution in [1.82, 2.24) is 24.5 Å². The number of rotatable bonds is 6. The van der Waals surface area contributed by atoms with Crippen molar-refractivity contribution < 1.29 is 5.11 Å². The normalized spacial score (nSPS) is 18.9. The molecule has 2 aromatic rings. The molecule has 1 aliphatic rings. The maximum Gasteiger partial charge on any atom is 0.0862 e. The molecule has 3 heterocycles. The maximum absolute atomic E-state index is 10.1. The average Bonchev–Trinajstić information content (AvgIpc) is 3.14. The highest BCUT2D eigenvalue weighted by Gasteiger charge is 2.21. The van der Waals surface area contributed by atoms with Crippen molar-refractivity contribution in [3.8, 4) is 0 Å². The van der Waals surface area contributed by atoms with Crippen molar-refractivity contribution in [2.75, 3.05) is 19.6 Å². The van der Waals surface area contributed by atoms with Crippen molar-refractivity contribution in [3.05, 3.63) is 36.9 Å². The molecule has 1 saturated heterocycles. The molecule has 1 unspecified atom stereocenters. The van der Waals surface area contributed by atoms with E-state index in [9.17, 15) is 5.11 Å². The third-order valence-electron chi connectivity index (χ3n) is 4.14. The predicted octanol–water partition coefficient (Wildman–Crippen LogP) is 0.853. The van der Waals surface area contributed by atoms with Gasteiger partial charge in [-0.2, -0.15) is 10.2 Å². The van der Waals surface area contributed by atoms with Gasteiger partial charge in [-0.15, -0.1) is 0 Å². The van der Waals surface area contributed by atoms with E-state index >= 15 is 0 Å². The van der Waals surface area contributed by atoms with Crippen LogP contribution in [0.1, 0.15) is 12.8 Å². The molecule has 1 atom stereocenters. The van der Waals surface area contributed by atoms with Crippen molar-refractivity contribution in [2.24, 2.45) is 5.92 Å². The lowest BCUT2D eigenvalue weighted by Crippen LogP contribution is -2.40. The van der Waals surface area contributed by atoms with Gasteiger partial charge < -0.3 is 10.0 Å². The monoisotopic (exact) mass is 289 g/mol. The van der Waals surface area contributed by atoms with E-state index in [0.717, 1.165) is 26.2 Å². The number of nitrogens with zero attached hydrogens (tertiary/aromatic N) is 5. The minimum Gasteiger partial charge on any atom is -0.390 e. The Bertz CT molecular complexity index is 502. The fraction of sp³-hybridized carbons (Fsp3) is 0.600. The average molecular weight is 289 g/mol. The van der Waals surface area contributed by atoms with Crippen molar-refractivity contribution in [3.63, 3.8) is 0 Å². The van der Waals surface area contributed by atoms with E-state index in [4.69, 9.17) is 0 Å². The van der Waals surface area contributed by atoms with Gasteiger partial charge in [0.2, 0.25) is 0 Å². The molecule has 6 nitrogen and oxygen atoms in total. The minimum absolute atomic E-state index is 0.354. The number of piperidine rings is 1. The summed E-state index contributed by atoms with van der Waals surface area (Å²) in [5, 5.41) is 18.5. The highest BCUT2D eigenvalue weighted by Crippen LogP contribution is 2.19. The van der Waals surface area contributed by atoms with Crippen LogP contribution >= 0.6 is 0 Å². The third-order valence-corrected chi connectivity index (χ3v) is 4.14. The Morgan fingerprint density at radius 1 is 1.00 bits per heavy atom. The van der Waals surface area contributed by atoms with E-state index in [1.807, 2.05) is 35.4 Å². The Balaban J connectivity index is 1.39. The van der Waals surface area contributed by atoms with Crippen LogP contribution < -0.4 is 0 Å². The summed E-state index contributed by atoms with van der Waals surface area (Å²) in [5.74, 6) is 0.699. The first kappa shape index (κ1) is 14.3. The Hall–Kier alpha value is -1.66. The van der Waals surface area contributed by atoms with Crippen LogP contribution in [0.2, 0.25) is 0 Å². The van der Waals surface area contributed by atoms with Crippen LogP contribution in [-0.2, 0) is 13.1 Å². The van der Waals surface area contributed by atoms with Gasteiger partial charge in [-0.1, -0.05) is 0 Å². The summed E-state index contributed by atoms with van der Waals surface area (Å²) in [7, 11) is 0. The van der Waals surface area contributed by atoms with Gasteiger partial charge >= 0.3 is 0 Å². The molecule has 21 heavy (non-hydrogen) atoms. The van der Waals surface area contributed by atoms with Crippen LogP contribution in [0.3, 0.4) is 0 Å². The molecule has 6 heteroatoms. The van der Waals surface area contributed by atoms with Crippen LogP contribution in [0.4, 0.5) is 0 Å². The molecule has 0 spiro atoms. The van der Waals surface area contributed by atoms with E-state index in [-0.39, 0.29) is 6.10 Å². The van der Waals surface area contributed by atoms with E-state index < -0.39 is 0 Å². The first-order chi connectivity index (χ1) is 10.3. The number of hydrogen-bond donors (Lipinski definition) is 1. The van der Waals surface area contributed by atoms with Gasteiger partial charge in [0.1, 0.15) is 0 Å². The van der Waals surface area contributed by atoms with Gasteiger partial charge in [0.15, 0.2) is 0 Å². The van der Waals surface area contributed by atoms with Crippen LogP contribution in [-0.4, -0.2) is 55.3 Å². The standard InChI is InChI=1S/C15H23N5O/c21-15(13-20-8-2-6-17-20)12-18-9-3-14(4-10-18)11-19-7-1-5-16-19/h1-2,5-8,14-15,21H,3-4,9-13H2. The fourth-order valence-corrected chi connectivity index (χ4v) is 3.00. The molecule has 0 radical (unpaired) electrons. The van der Waals surface area contributed by atoms with Crippen LogP contribution in [0.5, 0.6) is 0 Å². The van der Waals surface area contributed by atoms with E-state index in [1.54, 1.807) is 10.9 Å². The van der Waals surface area contributed by atoms with Gasteiger partial charge in [-0.05, 0) is 44.0 Å². The molecule has 0 aliphatic carbocycles. The summed E-state index contributed by atoms with van der Waals surface area (Å²) in [6.45, 7) is 4.43. The first-order valence-electron chi connectivity index (χ1n) is 7.65. The number of hydrogen-bond acceptors (Lipinski definition) is 4. The van der Waals surface area contributed by atoms with E-state index in [0.29, 0.717) is 12.5 Å². The van der Waals surface area contributed by atoms with Crippen LogP contribution in [0.25, 0.3) is 0 Å². The largest absolute Gasteiger partial charge is 0.390 e. The van der Waals surface area contributed by atoms with Gasteiger partial charge in [-0.3, -0.25) is 9.36 Å². The lowest BCUT2D eigenvalue weighted by Gasteiger charge is -2.33. The zero-order valence-corrected chi connectivity index (χ0v) is 12.3. The molecule has 0 aromatic carbocycles. The van der Waals surface area contributed by atoms with E-state index in [2.05, 4.69) is 15.1 Å². The fourth-order valence-electron chi connectivity index (χ4n) is 3.00. The smallest absolute Gasteiger partial charge is 0.0862 e. The van der Waals surface area contributed by atoms with Gasteiger partial charge in [0, 0.05) is 37.9 Å². The summed E-state index contributed by atoms with van der Waals surface area (Å²) < 4.78 is 3.81. The predicted molar refractivity (Wildman–Crippen MR) is 79.6 cm³/mol. The van der Waals surface area contributed by atoms with Crippen molar-refractivity contribution in [1.29, 1.82) is 0 Å². The topological polar surface area (TPSA) is 59.1 Å². The molecule has 2 aromatic heterocycles. The molecule has 1 fully saturated rings. The Morgan fingerprint density at radius 2 is 1.67 bits per heavy atom. The van der Waals surface area contributed by atoms with Gasteiger partial charge in [-0.25, -0.2) is 0 Å². The van der Waals surface area contributed by atoms with Crippen molar-refractivity contribution in [2.45, 2.75) is 32.0 Å². The third kappa shape index (κ3) is 4.15.